The van der Waals surface area contributed by atoms with Crippen LogP contribution < -0.4 is 14.8 Å². The number of carbonyl (C=O) groups excluding carboxylic acids is 1. The number of nitrogens with one attached hydrogen (secondary N) is 1. The van der Waals surface area contributed by atoms with Gasteiger partial charge >= 0.3 is 0 Å². The molecule has 30 heavy (non-hydrogen) atoms. The highest BCUT2D eigenvalue weighted by atomic mass is 16.5. The standard InChI is InChI=1S/C24H32N2O4/c1-18-5-9-21(10-6-18)30-16-13-23(27)25-22(17-26-14-3-4-15-26)24(28)19-7-11-20(29-2)12-8-19/h5-12,22,24,28H,3-4,13-17H2,1-2H3,(H,25,27). The summed E-state index contributed by atoms with van der Waals surface area (Å²) >= 11 is 0. The molecule has 1 aliphatic rings. The van der Waals surface area contributed by atoms with Gasteiger partial charge in [0, 0.05) is 6.54 Å². The van der Waals surface area contributed by atoms with Gasteiger partial charge in [-0.3, -0.25) is 4.79 Å². The Morgan fingerprint density at radius 3 is 2.33 bits per heavy atom. The number of rotatable bonds is 10. The molecule has 162 valence electrons. The van der Waals surface area contributed by atoms with E-state index in [0.29, 0.717) is 13.2 Å². The van der Waals surface area contributed by atoms with Gasteiger partial charge in [-0.2, -0.15) is 0 Å². The van der Waals surface area contributed by atoms with Crippen LogP contribution in [-0.2, 0) is 4.79 Å². The number of likely N-dealkylation sites (tertiary alicyclic amines) is 1. The van der Waals surface area contributed by atoms with Crippen molar-refractivity contribution in [1.82, 2.24) is 10.2 Å². The van der Waals surface area contributed by atoms with Crippen molar-refractivity contribution in [3.8, 4) is 11.5 Å². The first kappa shape index (κ1) is 22.1. The monoisotopic (exact) mass is 412 g/mol. The first-order valence-corrected chi connectivity index (χ1v) is 10.6. The summed E-state index contributed by atoms with van der Waals surface area (Å²) in [4.78, 5) is 14.9. The normalized spacial score (nSPS) is 16.1. The lowest BCUT2D eigenvalue weighted by atomic mass is 10.0. The summed E-state index contributed by atoms with van der Waals surface area (Å²) in [5.41, 5.74) is 1.92. The van der Waals surface area contributed by atoms with Gasteiger partial charge in [-0.1, -0.05) is 29.8 Å². The zero-order chi connectivity index (χ0) is 21.3. The van der Waals surface area contributed by atoms with Crippen LogP contribution in [0.25, 0.3) is 0 Å². The maximum absolute atomic E-state index is 12.6. The van der Waals surface area contributed by atoms with E-state index < -0.39 is 6.10 Å². The van der Waals surface area contributed by atoms with Crippen LogP contribution >= 0.6 is 0 Å². The Kier molecular flexibility index (Phi) is 8.11. The molecule has 2 aromatic rings. The number of aliphatic hydroxyl groups excluding tert-OH is 1. The van der Waals surface area contributed by atoms with E-state index >= 15 is 0 Å². The maximum Gasteiger partial charge on any atom is 0.223 e. The SMILES string of the molecule is COc1ccc(C(O)C(CN2CCCC2)NC(=O)CCOc2ccc(C)cc2)cc1. The number of nitrogens with zero attached hydrogens (tertiary/aromatic N) is 1. The Hall–Kier alpha value is -2.57. The van der Waals surface area contributed by atoms with E-state index in [1.54, 1.807) is 7.11 Å². The third kappa shape index (κ3) is 6.47. The molecule has 1 amide bonds. The van der Waals surface area contributed by atoms with Crippen molar-refractivity contribution in [2.45, 2.75) is 38.3 Å². The number of hydrogen-bond donors (Lipinski definition) is 2. The van der Waals surface area contributed by atoms with E-state index in [1.807, 2.05) is 55.5 Å². The zero-order valence-corrected chi connectivity index (χ0v) is 17.8. The Labute approximate surface area is 178 Å². The molecule has 0 bridgehead atoms. The maximum atomic E-state index is 12.6. The van der Waals surface area contributed by atoms with Crippen molar-refractivity contribution in [3.63, 3.8) is 0 Å². The molecule has 0 aliphatic carbocycles. The van der Waals surface area contributed by atoms with Crippen molar-refractivity contribution >= 4 is 5.91 Å². The van der Waals surface area contributed by atoms with Crippen molar-refractivity contribution in [2.75, 3.05) is 33.4 Å². The highest BCUT2D eigenvalue weighted by molar-refractivity contribution is 5.76. The van der Waals surface area contributed by atoms with Gasteiger partial charge in [0.05, 0.1) is 26.2 Å². The predicted molar refractivity (Wildman–Crippen MR) is 117 cm³/mol. The van der Waals surface area contributed by atoms with Crippen molar-refractivity contribution in [2.24, 2.45) is 0 Å². The van der Waals surface area contributed by atoms with E-state index in [1.165, 1.54) is 0 Å². The summed E-state index contributed by atoms with van der Waals surface area (Å²) in [6.45, 7) is 4.93. The van der Waals surface area contributed by atoms with E-state index in [0.717, 1.165) is 48.6 Å². The number of carbonyl (C=O) groups is 1. The van der Waals surface area contributed by atoms with E-state index in [9.17, 15) is 9.90 Å². The Balaban J connectivity index is 1.57. The lowest BCUT2D eigenvalue weighted by Crippen LogP contribution is -2.47. The molecule has 1 fully saturated rings. The van der Waals surface area contributed by atoms with Crippen LogP contribution in [-0.4, -0.2) is 55.3 Å². The minimum Gasteiger partial charge on any atom is -0.497 e. The van der Waals surface area contributed by atoms with Crippen LogP contribution in [0.5, 0.6) is 11.5 Å². The first-order chi connectivity index (χ1) is 14.5. The zero-order valence-electron chi connectivity index (χ0n) is 17.8. The molecule has 0 saturated carbocycles. The summed E-state index contributed by atoms with van der Waals surface area (Å²) in [6, 6.07) is 14.7. The summed E-state index contributed by atoms with van der Waals surface area (Å²) in [5.74, 6) is 1.36. The number of benzene rings is 2. The molecule has 0 aromatic heterocycles. The smallest absolute Gasteiger partial charge is 0.223 e. The molecule has 0 spiro atoms. The third-order valence-electron chi connectivity index (χ3n) is 5.46. The molecule has 2 N–H and O–H groups in total. The Morgan fingerprint density at radius 2 is 1.70 bits per heavy atom. The molecule has 2 aromatic carbocycles. The van der Waals surface area contributed by atoms with Gasteiger partial charge in [-0.25, -0.2) is 0 Å². The van der Waals surface area contributed by atoms with Crippen LogP contribution in [0.4, 0.5) is 0 Å². The lowest BCUT2D eigenvalue weighted by Gasteiger charge is -2.29. The molecular weight excluding hydrogens is 380 g/mol. The number of methoxy groups -OCH3 is 1. The predicted octanol–water partition coefficient (Wildman–Crippen LogP) is 3.09. The molecule has 3 rings (SSSR count). The van der Waals surface area contributed by atoms with Gasteiger partial charge in [-0.15, -0.1) is 0 Å². The molecule has 2 atom stereocenters. The molecule has 1 saturated heterocycles. The molecule has 2 unspecified atom stereocenters. The molecule has 1 heterocycles. The first-order valence-electron chi connectivity index (χ1n) is 10.6. The Morgan fingerprint density at radius 1 is 1.07 bits per heavy atom. The second kappa shape index (κ2) is 11.0. The van der Waals surface area contributed by atoms with Gasteiger partial charge in [0.2, 0.25) is 5.91 Å². The molecule has 0 radical (unpaired) electrons. The van der Waals surface area contributed by atoms with Gasteiger partial charge < -0.3 is 24.8 Å². The van der Waals surface area contributed by atoms with Crippen LogP contribution in [0.15, 0.2) is 48.5 Å². The fourth-order valence-electron chi connectivity index (χ4n) is 3.68. The van der Waals surface area contributed by atoms with Crippen molar-refractivity contribution in [1.29, 1.82) is 0 Å². The molecule has 1 aliphatic heterocycles. The third-order valence-corrected chi connectivity index (χ3v) is 5.46. The largest absolute Gasteiger partial charge is 0.497 e. The van der Waals surface area contributed by atoms with Gasteiger partial charge in [0.15, 0.2) is 0 Å². The summed E-state index contributed by atoms with van der Waals surface area (Å²) in [7, 11) is 1.61. The van der Waals surface area contributed by atoms with Gasteiger partial charge in [-0.05, 0) is 62.7 Å². The second-order valence-corrected chi connectivity index (χ2v) is 7.81. The van der Waals surface area contributed by atoms with Crippen LogP contribution in [0.2, 0.25) is 0 Å². The van der Waals surface area contributed by atoms with Crippen molar-refractivity contribution < 1.29 is 19.4 Å². The summed E-state index contributed by atoms with van der Waals surface area (Å²) in [5, 5.41) is 14.0. The minimum atomic E-state index is -0.793. The quantitative estimate of drug-likeness (QED) is 0.628. The summed E-state index contributed by atoms with van der Waals surface area (Å²) in [6.07, 6.45) is 1.76. The average Bonchev–Trinajstić information content (AvgIpc) is 3.27. The van der Waals surface area contributed by atoms with E-state index in [2.05, 4.69) is 10.2 Å². The van der Waals surface area contributed by atoms with Crippen LogP contribution in [0, 0.1) is 6.92 Å². The topological polar surface area (TPSA) is 71.0 Å². The highest BCUT2D eigenvalue weighted by Crippen LogP contribution is 2.22. The van der Waals surface area contributed by atoms with Crippen molar-refractivity contribution in [3.05, 3.63) is 59.7 Å². The van der Waals surface area contributed by atoms with Crippen LogP contribution in [0.1, 0.15) is 36.5 Å². The van der Waals surface area contributed by atoms with E-state index in [4.69, 9.17) is 9.47 Å². The fourth-order valence-corrected chi connectivity index (χ4v) is 3.68. The average molecular weight is 413 g/mol. The number of aliphatic hydroxyl groups is 1. The molecule has 6 nitrogen and oxygen atoms in total. The lowest BCUT2D eigenvalue weighted by molar-refractivity contribution is -0.123. The minimum absolute atomic E-state index is 0.126. The van der Waals surface area contributed by atoms with E-state index in [-0.39, 0.29) is 18.4 Å². The number of ether oxygens (including phenoxy) is 2. The second-order valence-electron chi connectivity index (χ2n) is 7.81. The number of hydrogen-bond acceptors (Lipinski definition) is 5. The summed E-state index contributed by atoms with van der Waals surface area (Å²) < 4.78 is 10.9. The highest BCUT2D eigenvalue weighted by Gasteiger charge is 2.26. The van der Waals surface area contributed by atoms with Gasteiger partial charge in [0.25, 0.3) is 0 Å². The number of aryl methyl sites for hydroxylation is 1. The molecule has 6 heteroatoms. The fraction of sp³-hybridized carbons (Fsp3) is 0.458. The van der Waals surface area contributed by atoms with Gasteiger partial charge in [0.1, 0.15) is 17.6 Å². The molecular formula is C24H32N2O4. The Bertz CT molecular complexity index is 786. The number of amides is 1. The van der Waals surface area contributed by atoms with Crippen LogP contribution in [0.3, 0.4) is 0 Å².